The van der Waals surface area contributed by atoms with Gasteiger partial charge in [0.25, 0.3) is 5.91 Å². The molecule has 0 atom stereocenters. The van der Waals surface area contributed by atoms with Crippen LogP contribution in [0, 0.1) is 0 Å². The van der Waals surface area contributed by atoms with Gasteiger partial charge in [0, 0.05) is 22.8 Å². The van der Waals surface area contributed by atoms with Crippen LogP contribution in [-0.2, 0) is 6.42 Å². The third-order valence-corrected chi connectivity index (χ3v) is 4.25. The maximum Gasteiger partial charge on any atom is 0.271 e. The molecule has 2 N–H and O–H groups in total. The number of carbonyl (C=O) groups is 2. The van der Waals surface area contributed by atoms with Gasteiger partial charge in [-0.1, -0.05) is 35.9 Å². The van der Waals surface area contributed by atoms with Crippen molar-refractivity contribution in [3.05, 3.63) is 82.8 Å². The maximum atomic E-state index is 12.2. The van der Waals surface area contributed by atoms with Crippen molar-refractivity contribution in [3.8, 4) is 0 Å². The van der Waals surface area contributed by atoms with E-state index in [1.54, 1.807) is 18.2 Å². The number of nitrogens with one attached hydrogen (secondary N) is 2. The standard InChI is InChI=1S/C21H19ClN4O2/c1-14(27)16-5-3-7-18(11-16)26-20-13-24-19(12-25-20)21(28)23-9-8-15-4-2-6-17(22)10-15/h2-7,10-13H,8-9H2,1H3,(H,23,28)(H,25,26). The Kier molecular flexibility index (Phi) is 6.34. The highest BCUT2D eigenvalue weighted by Crippen LogP contribution is 2.16. The quantitative estimate of drug-likeness (QED) is 0.590. The Morgan fingerprint density at radius 3 is 2.57 bits per heavy atom. The molecule has 142 valence electrons. The first-order valence-electron chi connectivity index (χ1n) is 8.74. The predicted molar refractivity (Wildman–Crippen MR) is 109 cm³/mol. The number of nitrogens with zero attached hydrogens (tertiary/aromatic N) is 2. The van der Waals surface area contributed by atoms with E-state index in [1.807, 2.05) is 30.3 Å². The molecule has 0 saturated heterocycles. The van der Waals surface area contributed by atoms with Gasteiger partial charge in [-0.3, -0.25) is 9.59 Å². The van der Waals surface area contributed by atoms with E-state index in [9.17, 15) is 9.59 Å². The number of anilines is 2. The van der Waals surface area contributed by atoms with E-state index < -0.39 is 0 Å². The lowest BCUT2D eigenvalue weighted by atomic mass is 10.1. The highest BCUT2D eigenvalue weighted by molar-refractivity contribution is 6.30. The van der Waals surface area contributed by atoms with Gasteiger partial charge in [-0.2, -0.15) is 0 Å². The molecule has 3 rings (SSSR count). The number of aromatic nitrogens is 2. The van der Waals surface area contributed by atoms with Crippen molar-refractivity contribution in [2.24, 2.45) is 0 Å². The molecule has 0 saturated carbocycles. The number of hydrogen-bond donors (Lipinski definition) is 2. The van der Waals surface area contributed by atoms with E-state index >= 15 is 0 Å². The summed E-state index contributed by atoms with van der Waals surface area (Å²) in [6, 6.07) is 14.6. The average Bonchev–Trinajstić information content (AvgIpc) is 2.69. The van der Waals surface area contributed by atoms with Crippen molar-refractivity contribution in [2.75, 3.05) is 11.9 Å². The molecule has 0 radical (unpaired) electrons. The van der Waals surface area contributed by atoms with Gasteiger partial charge in [0.05, 0.1) is 12.4 Å². The van der Waals surface area contributed by atoms with Crippen molar-refractivity contribution in [2.45, 2.75) is 13.3 Å². The first kappa shape index (κ1) is 19.5. The van der Waals surface area contributed by atoms with Gasteiger partial charge in [-0.15, -0.1) is 0 Å². The second kappa shape index (κ2) is 9.10. The van der Waals surface area contributed by atoms with Crippen LogP contribution in [0.5, 0.6) is 0 Å². The van der Waals surface area contributed by atoms with Crippen molar-refractivity contribution < 1.29 is 9.59 Å². The van der Waals surface area contributed by atoms with Crippen LogP contribution in [0.1, 0.15) is 33.3 Å². The number of carbonyl (C=O) groups excluding carboxylic acids is 2. The molecule has 6 nitrogen and oxygen atoms in total. The smallest absolute Gasteiger partial charge is 0.271 e. The van der Waals surface area contributed by atoms with Crippen LogP contribution in [0.3, 0.4) is 0 Å². The second-order valence-electron chi connectivity index (χ2n) is 6.18. The Morgan fingerprint density at radius 2 is 1.86 bits per heavy atom. The molecule has 0 aliphatic rings. The minimum absolute atomic E-state index is 0.0143. The first-order chi connectivity index (χ1) is 13.5. The van der Waals surface area contributed by atoms with Gasteiger partial charge in [-0.25, -0.2) is 9.97 Å². The lowest BCUT2D eigenvalue weighted by Gasteiger charge is -2.08. The molecule has 0 bridgehead atoms. The van der Waals surface area contributed by atoms with Crippen LogP contribution in [0.15, 0.2) is 60.9 Å². The van der Waals surface area contributed by atoms with Crippen LogP contribution in [-0.4, -0.2) is 28.2 Å². The third kappa shape index (κ3) is 5.37. The summed E-state index contributed by atoms with van der Waals surface area (Å²) in [6.07, 6.45) is 3.56. The summed E-state index contributed by atoms with van der Waals surface area (Å²) >= 11 is 5.95. The SMILES string of the molecule is CC(=O)c1cccc(Nc2cnc(C(=O)NCCc3cccc(Cl)c3)cn2)c1. The lowest BCUT2D eigenvalue weighted by Crippen LogP contribution is -2.26. The van der Waals surface area contributed by atoms with E-state index in [-0.39, 0.29) is 17.4 Å². The summed E-state index contributed by atoms with van der Waals surface area (Å²) in [6.45, 7) is 1.98. The van der Waals surface area contributed by atoms with E-state index in [1.165, 1.54) is 19.3 Å². The summed E-state index contributed by atoms with van der Waals surface area (Å²) in [5, 5.41) is 6.55. The summed E-state index contributed by atoms with van der Waals surface area (Å²) in [5.74, 6) is 0.176. The van der Waals surface area contributed by atoms with Crippen molar-refractivity contribution in [3.63, 3.8) is 0 Å². The minimum Gasteiger partial charge on any atom is -0.350 e. The zero-order chi connectivity index (χ0) is 19.9. The first-order valence-corrected chi connectivity index (χ1v) is 9.12. The average molecular weight is 395 g/mol. The number of Topliss-reactive ketones (excluding diaryl/α,β-unsaturated/α-hetero) is 1. The fourth-order valence-corrected chi connectivity index (χ4v) is 2.79. The normalized spacial score (nSPS) is 10.4. The molecule has 0 spiro atoms. The van der Waals surface area contributed by atoms with Crippen molar-refractivity contribution >= 4 is 34.8 Å². The molecule has 1 amide bonds. The number of amides is 1. The molecule has 2 aromatic carbocycles. The van der Waals surface area contributed by atoms with E-state index in [2.05, 4.69) is 20.6 Å². The van der Waals surface area contributed by atoms with Gasteiger partial charge in [0.1, 0.15) is 11.5 Å². The molecule has 1 heterocycles. The fourth-order valence-electron chi connectivity index (χ4n) is 2.58. The highest BCUT2D eigenvalue weighted by atomic mass is 35.5. The largest absolute Gasteiger partial charge is 0.350 e. The second-order valence-corrected chi connectivity index (χ2v) is 6.62. The fraction of sp³-hybridized carbons (Fsp3) is 0.143. The molecular formula is C21H19ClN4O2. The van der Waals surface area contributed by atoms with Gasteiger partial charge in [0.15, 0.2) is 5.78 Å². The highest BCUT2D eigenvalue weighted by Gasteiger charge is 2.08. The monoisotopic (exact) mass is 394 g/mol. The number of halogens is 1. The molecule has 3 aromatic rings. The maximum absolute atomic E-state index is 12.2. The van der Waals surface area contributed by atoms with E-state index in [0.29, 0.717) is 29.4 Å². The zero-order valence-corrected chi connectivity index (χ0v) is 16.0. The van der Waals surface area contributed by atoms with E-state index in [4.69, 9.17) is 11.6 Å². The lowest BCUT2D eigenvalue weighted by molar-refractivity contribution is 0.0948. The summed E-state index contributed by atoms with van der Waals surface area (Å²) in [7, 11) is 0. The van der Waals surface area contributed by atoms with Gasteiger partial charge in [-0.05, 0) is 43.2 Å². The van der Waals surface area contributed by atoms with Crippen molar-refractivity contribution in [1.29, 1.82) is 0 Å². The van der Waals surface area contributed by atoms with Crippen molar-refractivity contribution in [1.82, 2.24) is 15.3 Å². The van der Waals surface area contributed by atoms with Crippen LogP contribution < -0.4 is 10.6 Å². The van der Waals surface area contributed by atoms with Crippen LogP contribution in [0.25, 0.3) is 0 Å². The third-order valence-electron chi connectivity index (χ3n) is 4.01. The Hall–Kier alpha value is -3.25. The molecule has 28 heavy (non-hydrogen) atoms. The predicted octanol–water partition coefficient (Wildman–Crippen LogP) is 4.05. The number of benzene rings is 2. The van der Waals surface area contributed by atoms with E-state index in [0.717, 1.165) is 11.3 Å². The Balaban J connectivity index is 1.55. The van der Waals surface area contributed by atoms with Crippen LogP contribution in [0.4, 0.5) is 11.5 Å². The molecule has 7 heteroatoms. The number of ketones is 1. The summed E-state index contributed by atoms with van der Waals surface area (Å²) in [5.41, 5.74) is 2.61. The Morgan fingerprint density at radius 1 is 1.04 bits per heavy atom. The molecule has 0 aliphatic carbocycles. The Labute approximate surface area is 168 Å². The Bertz CT molecular complexity index is 990. The van der Waals surface area contributed by atoms with Gasteiger partial charge >= 0.3 is 0 Å². The molecule has 0 unspecified atom stereocenters. The molecule has 1 aromatic heterocycles. The number of hydrogen-bond acceptors (Lipinski definition) is 5. The van der Waals surface area contributed by atoms with Crippen LogP contribution in [0.2, 0.25) is 5.02 Å². The summed E-state index contributed by atoms with van der Waals surface area (Å²) < 4.78 is 0. The molecular weight excluding hydrogens is 376 g/mol. The molecule has 0 aliphatic heterocycles. The van der Waals surface area contributed by atoms with Gasteiger partial charge in [0.2, 0.25) is 0 Å². The zero-order valence-electron chi connectivity index (χ0n) is 15.3. The minimum atomic E-state index is -0.292. The number of rotatable bonds is 7. The van der Waals surface area contributed by atoms with Gasteiger partial charge < -0.3 is 10.6 Å². The molecule has 0 fully saturated rings. The van der Waals surface area contributed by atoms with Crippen LogP contribution >= 0.6 is 11.6 Å². The topological polar surface area (TPSA) is 84.0 Å². The summed E-state index contributed by atoms with van der Waals surface area (Å²) in [4.78, 5) is 32.0.